The standard InChI is InChI=1S/C13H19OS/c1-5-6-14-12-7-11(10(2)3)8-13(9-12)15-4/h7-9H,5-6H2,1-4H3. The van der Waals surface area contributed by atoms with E-state index < -0.39 is 0 Å². The quantitative estimate of drug-likeness (QED) is 0.693. The molecule has 0 spiro atoms. The summed E-state index contributed by atoms with van der Waals surface area (Å²) in [5.41, 5.74) is 1.27. The molecule has 2 heteroatoms. The van der Waals surface area contributed by atoms with E-state index in [1.165, 1.54) is 16.4 Å². The summed E-state index contributed by atoms with van der Waals surface area (Å²) in [6.07, 6.45) is 3.14. The molecule has 1 rings (SSSR count). The summed E-state index contributed by atoms with van der Waals surface area (Å²) >= 11 is 1.75. The highest BCUT2D eigenvalue weighted by Crippen LogP contribution is 2.27. The largest absolute Gasteiger partial charge is 0.494 e. The Labute approximate surface area is 97.2 Å². The lowest BCUT2D eigenvalue weighted by molar-refractivity contribution is 0.316. The van der Waals surface area contributed by atoms with Crippen molar-refractivity contribution in [1.29, 1.82) is 0 Å². The third-order valence-corrected chi connectivity index (χ3v) is 2.87. The molecular weight excluding hydrogens is 204 g/mol. The highest BCUT2D eigenvalue weighted by atomic mass is 32.2. The van der Waals surface area contributed by atoms with Crippen LogP contribution >= 0.6 is 11.8 Å². The molecule has 0 N–H and O–H groups in total. The molecule has 1 radical (unpaired) electrons. The third kappa shape index (κ3) is 3.78. The van der Waals surface area contributed by atoms with E-state index in [2.05, 4.69) is 45.2 Å². The molecule has 0 aliphatic heterocycles. The summed E-state index contributed by atoms with van der Waals surface area (Å²) in [6, 6.07) is 6.43. The van der Waals surface area contributed by atoms with E-state index >= 15 is 0 Å². The molecule has 0 unspecified atom stereocenters. The minimum Gasteiger partial charge on any atom is -0.494 e. The van der Waals surface area contributed by atoms with Gasteiger partial charge < -0.3 is 4.74 Å². The van der Waals surface area contributed by atoms with Crippen molar-refractivity contribution >= 4 is 11.8 Å². The first-order valence-electron chi connectivity index (χ1n) is 5.29. The topological polar surface area (TPSA) is 9.23 Å². The summed E-state index contributed by atoms with van der Waals surface area (Å²) in [6.45, 7) is 7.17. The second-order valence-corrected chi connectivity index (χ2v) is 4.63. The second kappa shape index (κ2) is 6.06. The van der Waals surface area contributed by atoms with Gasteiger partial charge in [0.1, 0.15) is 5.75 Å². The molecule has 0 saturated carbocycles. The van der Waals surface area contributed by atoms with Crippen LogP contribution in [0.2, 0.25) is 0 Å². The van der Waals surface area contributed by atoms with Gasteiger partial charge in [0, 0.05) is 4.90 Å². The Balaban J connectivity index is 2.90. The second-order valence-electron chi connectivity index (χ2n) is 3.75. The van der Waals surface area contributed by atoms with E-state index in [-0.39, 0.29) is 0 Å². The van der Waals surface area contributed by atoms with Crippen molar-refractivity contribution in [3.05, 3.63) is 29.7 Å². The van der Waals surface area contributed by atoms with Gasteiger partial charge in [0.25, 0.3) is 0 Å². The van der Waals surface area contributed by atoms with Crippen LogP contribution in [-0.2, 0) is 0 Å². The summed E-state index contributed by atoms with van der Waals surface area (Å²) in [4.78, 5) is 1.26. The Morgan fingerprint density at radius 3 is 2.53 bits per heavy atom. The zero-order chi connectivity index (χ0) is 11.3. The molecular formula is C13H19OS. The van der Waals surface area contributed by atoms with Gasteiger partial charge in [0.15, 0.2) is 0 Å². The smallest absolute Gasteiger partial charge is 0.120 e. The van der Waals surface area contributed by atoms with Crippen molar-refractivity contribution in [2.75, 3.05) is 12.9 Å². The molecule has 0 amide bonds. The molecule has 0 bridgehead atoms. The Bertz CT molecular complexity index is 307. The fourth-order valence-electron chi connectivity index (χ4n) is 1.28. The van der Waals surface area contributed by atoms with Gasteiger partial charge in [-0.25, -0.2) is 0 Å². The lowest BCUT2D eigenvalue weighted by Gasteiger charge is -2.11. The van der Waals surface area contributed by atoms with Crippen LogP contribution in [0, 0.1) is 5.92 Å². The van der Waals surface area contributed by atoms with Gasteiger partial charge >= 0.3 is 0 Å². The maximum atomic E-state index is 5.66. The summed E-state index contributed by atoms with van der Waals surface area (Å²) in [5.74, 6) is 2.31. The van der Waals surface area contributed by atoms with Crippen molar-refractivity contribution in [3.63, 3.8) is 0 Å². The predicted molar refractivity (Wildman–Crippen MR) is 67.7 cm³/mol. The zero-order valence-electron chi connectivity index (χ0n) is 9.96. The highest BCUT2D eigenvalue weighted by Gasteiger charge is 2.05. The summed E-state index contributed by atoms with van der Waals surface area (Å²) < 4.78 is 5.66. The van der Waals surface area contributed by atoms with Crippen LogP contribution in [0.4, 0.5) is 0 Å². The molecule has 0 aromatic heterocycles. The average Bonchev–Trinajstić information content (AvgIpc) is 2.25. The normalized spacial score (nSPS) is 10.7. The molecule has 0 atom stereocenters. The Morgan fingerprint density at radius 2 is 2.00 bits per heavy atom. The van der Waals surface area contributed by atoms with E-state index in [0.29, 0.717) is 0 Å². The van der Waals surface area contributed by atoms with Gasteiger partial charge in [-0.05, 0) is 42.4 Å². The van der Waals surface area contributed by atoms with E-state index in [1.807, 2.05) is 0 Å². The average molecular weight is 223 g/mol. The van der Waals surface area contributed by atoms with Crippen molar-refractivity contribution in [3.8, 4) is 5.75 Å². The molecule has 1 nitrogen and oxygen atoms in total. The van der Waals surface area contributed by atoms with Crippen LogP contribution in [-0.4, -0.2) is 12.9 Å². The first kappa shape index (κ1) is 12.4. The molecule has 15 heavy (non-hydrogen) atoms. The Morgan fingerprint density at radius 1 is 1.27 bits per heavy atom. The van der Waals surface area contributed by atoms with E-state index in [0.717, 1.165) is 18.8 Å². The van der Waals surface area contributed by atoms with E-state index in [1.54, 1.807) is 11.8 Å². The van der Waals surface area contributed by atoms with Gasteiger partial charge in [0.05, 0.1) is 6.61 Å². The van der Waals surface area contributed by atoms with Gasteiger partial charge in [0.2, 0.25) is 0 Å². The van der Waals surface area contributed by atoms with E-state index in [9.17, 15) is 0 Å². The lowest BCUT2D eigenvalue weighted by atomic mass is 10.0. The maximum Gasteiger partial charge on any atom is 0.120 e. The van der Waals surface area contributed by atoms with Crippen LogP contribution in [0.15, 0.2) is 23.1 Å². The van der Waals surface area contributed by atoms with Crippen molar-refractivity contribution in [2.24, 2.45) is 0 Å². The van der Waals surface area contributed by atoms with Gasteiger partial charge in [-0.15, -0.1) is 11.8 Å². The maximum absolute atomic E-state index is 5.66. The number of thioether (sulfide) groups is 1. The number of ether oxygens (including phenoxy) is 1. The first-order chi connectivity index (χ1) is 7.17. The highest BCUT2D eigenvalue weighted by molar-refractivity contribution is 7.98. The monoisotopic (exact) mass is 223 g/mol. The third-order valence-electron chi connectivity index (χ3n) is 2.17. The lowest BCUT2D eigenvalue weighted by Crippen LogP contribution is -1.97. The Hall–Kier alpha value is -0.630. The number of rotatable bonds is 5. The van der Waals surface area contributed by atoms with Crippen molar-refractivity contribution in [2.45, 2.75) is 32.1 Å². The van der Waals surface area contributed by atoms with Crippen LogP contribution in [0.1, 0.15) is 32.8 Å². The molecule has 1 aromatic carbocycles. The van der Waals surface area contributed by atoms with Gasteiger partial charge in [-0.2, -0.15) is 0 Å². The van der Waals surface area contributed by atoms with Crippen LogP contribution < -0.4 is 4.74 Å². The van der Waals surface area contributed by atoms with Crippen LogP contribution in [0.5, 0.6) is 5.75 Å². The zero-order valence-corrected chi connectivity index (χ0v) is 10.8. The minimum atomic E-state index is 0.792. The fraction of sp³-hybridized carbons (Fsp3) is 0.462. The number of hydrogen-bond donors (Lipinski definition) is 0. The molecule has 0 aliphatic carbocycles. The summed E-state index contributed by atoms with van der Waals surface area (Å²) in [5, 5.41) is 0. The van der Waals surface area contributed by atoms with Gasteiger partial charge in [-0.1, -0.05) is 20.8 Å². The number of benzene rings is 1. The summed E-state index contributed by atoms with van der Waals surface area (Å²) in [7, 11) is 0. The molecule has 83 valence electrons. The first-order valence-corrected chi connectivity index (χ1v) is 6.52. The molecule has 0 saturated heterocycles. The van der Waals surface area contributed by atoms with Crippen molar-refractivity contribution in [1.82, 2.24) is 0 Å². The van der Waals surface area contributed by atoms with Crippen LogP contribution in [0.25, 0.3) is 0 Å². The van der Waals surface area contributed by atoms with Crippen molar-refractivity contribution < 1.29 is 4.74 Å². The molecule has 1 aromatic rings. The van der Waals surface area contributed by atoms with Crippen LogP contribution in [0.3, 0.4) is 0 Å². The Kier molecular flexibility index (Phi) is 5.03. The van der Waals surface area contributed by atoms with Gasteiger partial charge in [-0.3, -0.25) is 0 Å². The molecule has 0 aliphatic rings. The SMILES string of the molecule is CCCOc1cc(SC)cc([C](C)C)c1. The predicted octanol–water partition coefficient (Wildman–Crippen LogP) is 4.16. The van der Waals surface area contributed by atoms with E-state index in [4.69, 9.17) is 4.74 Å². The number of hydrogen-bond acceptors (Lipinski definition) is 2. The minimum absolute atomic E-state index is 0.792. The molecule has 0 heterocycles. The fourth-order valence-corrected chi connectivity index (χ4v) is 1.76. The molecule has 0 fully saturated rings.